The van der Waals surface area contributed by atoms with Crippen LogP contribution in [-0.4, -0.2) is 23.9 Å². The topological polar surface area (TPSA) is 75.5 Å². The van der Waals surface area contributed by atoms with Crippen LogP contribution in [0.15, 0.2) is 42.5 Å². The summed E-state index contributed by atoms with van der Waals surface area (Å²) in [5, 5.41) is 13.9. The summed E-state index contributed by atoms with van der Waals surface area (Å²) in [5.74, 6) is -0.357. The van der Waals surface area contributed by atoms with Gasteiger partial charge in [-0.2, -0.15) is 0 Å². The van der Waals surface area contributed by atoms with Crippen LogP contribution >= 0.6 is 0 Å². The van der Waals surface area contributed by atoms with E-state index >= 15 is 0 Å². The lowest BCUT2D eigenvalue weighted by Crippen LogP contribution is -2.25. The smallest absolute Gasteiger partial charge is 0.270 e. The Kier molecular flexibility index (Phi) is 5.52. The third-order valence-electron chi connectivity index (χ3n) is 3.85. The van der Waals surface area contributed by atoms with Gasteiger partial charge in [0.2, 0.25) is 0 Å². The highest BCUT2D eigenvalue weighted by molar-refractivity contribution is 6.08. The van der Waals surface area contributed by atoms with Gasteiger partial charge in [-0.25, -0.2) is 0 Å². The Morgan fingerprint density at radius 3 is 2.29 bits per heavy atom. The Morgan fingerprint density at radius 2 is 1.75 bits per heavy atom. The summed E-state index contributed by atoms with van der Waals surface area (Å²) in [4.78, 5) is 25.2. The normalized spacial score (nSPS) is 10.3. The van der Waals surface area contributed by atoms with E-state index in [1.807, 2.05) is 49.9 Å². The number of aryl methyl sites for hydroxylation is 1. The highest BCUT2D eigenvalue weighted by Crippen LogP contribution is 2.26. The summed E-state index contributed by atoms with van der Waals surface area (Å²) < 4.78 is 0. The molecule has 0 saturated heterocycles. The molecule has 0 atom stereocenters. The third kappa shape index (κ3) is 3.90. The van der Waals surface area contributed by atoms with Crippen LogP contribution < -0.4 is 10.2 Å². The van der Waals surface area contributed by atoms with E-state index < -0.39 is 4.92 Å². The van der Waals surface area contributed by atoms with Gasteiger partial charge >= 0.3 is 0 Å². The zero-order chi connectivity index (χ0) is 17.7. The van der Waals surface area contributed by atoms with Crippen molar-refractivity contribution >= 4 is 23.0 Å². The van der Waals surface area contributed by atoms with Crippen molar-refractivity contribution in [3.05, 3.63) is 63.7 Å². The van der Waals surface area contributed by atoms with E-state index in [0.29, 0.717) is 30.0 Å². The van der Waals surface area contributed by atoms with E-state index in [2.05, 4.69) is 5.32 Å². The van der Waals surface area contributed by atoms with Crippen LogP contribution in [0.2, 0.25) is 0 Å². The van der Waals surface area contributed by atoms with Crippen LogP contribution in [-0.2, 0) is 0 Å². The predicted octanol–water partition coefficient (Wildman–Crippen LogP) is 4.00. The first-order valence-electron chi connectivity index (χ1n) is 7.87. The van der Waals surface area contributed by atoms with Crippen molar-refractivity contribution in [2.24, 2.45) is 0 Å². The number of nitrogens with one attached hydrogen (secondary N) is 1. The molecule has 0 bridgehead atoms. The summed E-state index contributed by atoms with van der Waals surface area (Å²) in [7, 11) is 0. The highest BCUT2D eigenvalue weighted by atomic mass is 16.6. The predicted molar refractivity (Wildman–Crippen MR) is 95.8 cm³/mol. The Morgan fingerprint density at radius 1 is 1.12 bits per heavy atom. The fourth-order valence-corrected chi connectivity index (χ4v) is 2.49. The molecule has 0 heterocycles. The lowest BCUT2D eigenvalue weighted by Gasteiger charge is -2.23. The first-order chi connectivity index (χ1) is 11.5. The van der Waals surface area contributed by atoms with Gasteiger partial charge in [-0.1, -0.05) is 17.7 Å². The van der Waals surface area contributed by atoms with Gasteiger partial charge in [0, 0.05) is 30.9 Å². The molecular formula is C18H21N3O3. The molecule has 0 fully saturated rings. The molecule has 0 aliphatic heterocycles. The molecule has 1 N–H and O–H groups in total. The minimum Gasteiger partial charge on any atom is -0.371 e. The maximum absolute atomic E-state index is 12.7. The number of nitro groups is 1. The number of carbonyl (C=O) groups is 1. The Bertz CT molecular complexity index is 738. The van der Waals surface area contributed by atoms with E-state index in [1.165, 1.54) is 12.1 Å². The second-order valence-corrected chi connectivity index (χ2v) is 5.45. The average molecular weight is 327 g/mol. The average Bonchev–Trinajstić information content (AvgIpc) is 2.58. The van der Waals surface area contributed by atoms with Gasteiger partial charge in [-0.05, 0) is 39.0 Å². The van der Waals surface area contributed by atoms with E-state index in [9.17, 15) is 14.9 Å². The summed E-state index contributed by atoms with van der Waals surface area (Å²) in [5.41, 5.74) is 2.64. The minimum atomic E-state index is -0.491. The molecule has 0 spiro atoms. The van der Waals surface area contributed by atoms with Crippen molar-refractivity contribution in [2.45, 2.75) is 20.8 Å². The largest absolute Gasteiger partial charge is 0.371 e. The van der Waals surface area contributed by atoms with Crippen molar-refractivity contribution in [2.75, 3.05) is 23.3 Å². The molecule has 6 heteroatoms. The molecule has 2 aromatic rings. The Balaban J connectivity index is 2.40. The first kappa shape index (κ1) is 17.5. The molecule has 1 amide bonds. The monoisotopic (exact) mass is 327 g/mol. The van der Waals surface area contributed by atoms with Gasteiger partial charge < -0.3 is 10.2 Å². The quantitative estimate of drug-likeness (QED) is 0.642. The number of amides is 1. The SMILES string of the molecule is CCN(CC)c1ccc([N+](=O)[O-])cc1C(=O)Nc1ccc(C)cc1. The van der Waals surface area contributed by atoms with Crippen LogP contribution in [0, 0.1) is 17.0 Å². The van der Waals surface area contributed by atoms with Crippen molar-refractivity contribution in [3.63, 3.8) is 0 Å². The van der Waals surface area contributed by atoms with E-state index in [-0.39, 0.29) is 11.6 Å². The molecule has 0 aliphatic carbocycles. The number of carbonyl (C=O) groups excluding carboxylic acids is 1. The van der Waals surface area contributed by atoms with Crippen molar-refractivity contribution in [1.29, 1.82) is 0 Å². The van der Waals surface area contributed by atoms with Crippen molar-refractivity contribution < 1.29 is 9.72 Å². The lowest BCUT2D eigenvalue weighted by atomic mass is 10.1. The van der Waals surface area contributed by atoms with E-state index in [4.69, 9.17) is 0 Å². The summed E-state index contributed by atoms with van der Waals surface area (Å²) in [6.45, 7) is 7.34. The Labute approximate surface area is 141 Å². The van der Waals surface area contributed by atoms with Crippen LogP contribution in [0.3, 0.4) is 0 Å². The van der Waals surface area contributed by atoms with Gasteiger partial charge in [0.05, 0.1) is 16.2 Å². The number of hydrogen-bond acceptors (Lipinski definition) is 4. The van der Waals surface area contributed by atoms with Crippen molar-refractivity contribution in [1.82, 2.24) is 0 Å². The molecule has 0 unspecified atom stereocenters. The van der Waals surface area contributed by atoms with Gasteiger partial charge in [0.1, 0.15) is 0 Å². The first-order valence-corrected chi connectivity index (χ1v) is 7.87. The van der Waals surface area contributed by atoms with Gasteiger partial charge in [0.25, 0.3) is 11.6 Å². The highest BCUT2D eigenvalue weighted by Gasteiger charge is 2.19. The molecule has 2 rings (SSSR count). The van der Waals surface area contributed by atoms with E-state index in [1.54, 1.807) is 6.07 Å². The molecule has 126 valence electrons. The second-order valence-electron chi connectivity index (χ2n) is 5.45. The third-order valence-corrected chi connectivity index (χ3v) is 3.85. The molecule has 0 aromatic heterocycles. The van der Waals surface area contributed by atoms with Gasteiger partial charge in [-0.3, -0.25) is 14.9 Å². The van der Waals surface area contributed by atoms with Crippen LogP contribution in [0.25, 0.3) is 0 Å². The fourth-order valence-electron chi connectivity index (χ4n) is 2.49. The maximum atomic E-state index is 12.7. The molecule has 2 aromatic carbocycles. The number of non-ortho nitro benzene ring substituents is 1. The fraction of sp³-hybridized carbons (Fsp3) is 0.278. The maximum Gasteiger partial charge on any atom is 0.270 e. The standard InChI is InChI=1S/C18H21N3O3/c1-4-20(5-2)17-11-10-15(21(23)24)12-16(17)18(22)19-14-8-6-13(3)7-9-14/h6-12H,4-5H2,1-3H3,(H,19,22). The summed E-state index contributed by atoms with van der Waals surface area (Å²) >= 11 is 0. The molecule has 0 saturated carbocycles. The van der Waals surface area contributed by atoms with Crippen molar-refractivity contribution in [3.8, 4) is 0 Å². The van der Waals surface area contributed by atoms with Gasteiger partial charge in [-0.15, -0.1) is 0 Å². The van der Waals surface area contributed by atoms with Crippen LogP contribution in [0.5, 0.6) is 0 Å². The molecule has 6 nitrogen and oxygen atoms in total. The van der Waals surface area contributed by atoms with Gasteiger partial charge in [0.15, 0.2) is 0 Å². The number of benzene rings is 2. The zero-order valence-electron chi connectivity index (χ0n) is 14.1. The van der Waals surface area contributed by atoms with Crippen LogP contribution in [0.4, 0.5) is 17.1 Å². The summed E-state index contributed by atoms with van der Waals surface area (Å²) in [6.07, 6.45) is 0. The number of nitro benzene ring substituents is 1. The second kappa shape index (κ2) is 7.59. The summed E-state index contributed by atoms with van der Waals surface area (Å²) in [6, 6.07) is 11.8. The number of rotatable bonds is 6. The lowest BCUT2D eigenvalue weighted by molar-refractivity contribution is -0.384. The Hall–Kier alpha value is -2.89. The molecule has 0 radical (unpaired) electrons. The molecular weight excluding hydrogens is 306 g/mol. The number of nitrogens with zero attached hydrogens (tertiary/aromatic N) is 2. The minimum absolute atomic E-state index is 0.0973. The number of hydrogen-bond donors (Lipinski definition) is 1. The molecule has 0 aliphatic rings. The van der Waals surface area contributed by atoms with Crippen LogP contribution in [0.1, 0.15) is 29.8 Å². The number of anilines is 2. The zero-order valence-corrected chi connectivity index (χ0v) is 14.1. The van der Waals surface area contributed by atoms with E-state index in [0.717, 1.165) is 5.56 Å². The molecule has 24 heavy (non-hydrogen) atoms.